The van der Waals surface area contributed by atoms with Crippen molar-refractivity contribution in [3.8, 4) is 0 Å². The second-order valence-electron chi connectivity index (χ2n) is 5.45. The number of rotatable bonds is 3. The molecular weight excluding hydrogens is 264 g/mol. The number of nitrogens with one attached hydrogen (secondary N) is 1. The van der Waals surface area contributed by atoms with Gasteiger partial charge >= 0.3 is 0 Å². The normalized spacial score (nSPS) is 23.7. The average molecular weight is 284 g/mol. The van der Waals surface area contributed by atoms with E-state index in [0.29, 0.717) is 41.3 Å². The topological polar surface area (TPSA) is 81.4 Å². The minimum atomic E-state index is -3.57. The summed E-state index contributed by atoms with van der Waals surface area (Å²) in [6, 6.07) is 3.35. The molecule has 1 saturated heterocycles. The van der Waals surface area contributed by atoms with E-state index in [1.54, 1.807) is 26.0 Å². The second-order valence-corrected chi connectivity index (χ2v) is 7.07. The molecule has 0 aliphatic carbocycles. The van der Waals surface area contributed by atoms with Crippen molar-refractivity contribution in [2.75, 3.05) is 18.9 Å². The van der Waals surface area contributed by atoms with Crippen molar-refractivity contribution < 1.29 is 13.2 Å². The van der Waals surface area contributed by atoms with Gasteiger partial charge in [0.05, 0.1) is 17.0 Å². The summed E-state index contributed by atoms with van der Waals surface area (Å²) in [5.74, 6) is 0. The Morgan fingerprint density at radius 1 is 1.32 bits per heavy atom. The minimum Gasteiger partial charge on any atom is -0.399 e. The van der Waals surface area contributed by atoms with Gasteiger partial charge in [-0.25, -0.2) is 13.1 Å². The summed E-state index contributed by atoms with van der Waals surface area (Å²) >= 11 is 0. The van der Waals surface area contributed by atoms with Crippen LogP contribution >= 0.6 is 0 Å². The van der Waals surface area contributed by atoms with E-state index >= 15 is 0 Å². The molecule has 0 bridgehead atoms. The highest BCUT2D eigenvalue weighted by Gasteiger charge is 2.35. The molecule has 1 heterocycles. The van der Waals surface area contributed by atoms with Crippen LogP contribution in [0.1, 0.15) is 24.5 Å². The van der Waals surface area contributed by atoms with Crippen LogP contribution in [0.4, 0.5) is 5.69 Å². The summed E-state index contributed by atoms with van der Waals surface area (Å²) in [6.45, 7) is 6.36. The van der Waals surface area contributed by atoms with E-state index in [1.165, 1.54) is 0 Å². The van der Waals surface area contributed by atoms with Crippen molar-refractivity contribution in [2.45, 2.75) is 37.6 Å². The Labute approximate surface area is 114 Å². The maximum absolute atomic E-state index is 12.5. The molecule has 0 saturated carbocycles. The Morgan fingerprint density at radius 2 is 1.89 bits per heavy atom. The summed E-state index contributed by atoms with van der Waals surface area (Å²) < 4.78 is 33.1. The van der Waals surface area contributed by atoms with Gasteiger partial charge in [0.25, 0.3) is 0 Å². The van der Waals surface area contributed by atoms with Gasteiger partial charge in [0.1, 0.15) is 0 Å². The van der Waals surface area contributed by atoms with Crippen LogP contribution < -0.4 is 10.5 Å². The number of aryl methyl sites for hydroxylation is 2. The number of hydrogen-bond donors (Lipinski definition) is 2. The maximum atomic E-state index is 12.5. The molecule has 5 nitrogen and oxygen atoms in total. The molecule has 1 atom stereocenters. The Balaban J connectivity index is 2.40. The molecule has 19 heavy (non-hydrogen) atoms. The van der Waals surface area contributed by atoms with E-state index in [1.807, 2.05) is 6.92 Å². The molecule has 0 amide bonds. The van der Waals surface area contributed by atoms with Crippen molar-refractivity contribution >= 4 is 15.7 Å². The van der Waals surface area contributed by atoms with Gasteiger partial charge in [-0.2, -0.15) is 0 Å². The van der Waals surface area contributed by atoms with Crippen LogP contribution in [0.15, 0.2) is 17.0 Å². The van der Waals surface area contributed by atoms with E-state index in [4.69, 9.17) is 10.5 Å². The van der Waals surface area contributed by atoms with E-state index in [-0.39, 0.29) is 0 Å². The van der Waals surface area contributed by atoms with Crippen molar-refractivity contribution in [3.05, 3.63) is 23.3 Å². The number of nitrogen functional groups attached to an aromatic ring is 1. The molecule has 1 aliphatic heterocycles. The van der Waals surface area contributed by atoms with Gasteiger partial charge in [0.2, 0.25) is 10.0 Å². The first-order valence-corrected chi connectivity index (χ1v) is 7.70. The summed E-state index contributed by atoms with van der Waals surface area (Å²) in [5.41, 5.74) is 7.09. The molecule has 1 fully saturated rings. The Morgan fingerprint density at radius 3 is 2.37 bits per heavy atom. The van der Waals surface area contributed by atoms with Gasteiger partial charge in [-0.05, 0) is 50.5 Å². The van der Waals surface area contributed by atoms with E-state index in [2.05, 4.69) is 4.72 Å². The summed E-state index contributed by atoms with van der Waals surface area (Å²) in [7, 11) is -3.57. The number of ether oxygens (including phenoxy) is 1. The first-order chi connectivity index (χ1) is 8.73. The van der Waals surface area contributed by atoms with Crippen molar-refractivity contribution in [3.63, 3.8) is 0 Å². The van der Waals surface area contributed by atoms with Crippen LogP contribution in [0, 0.1) is 13.8 Å². The Hall–Kier alpha value is -1.11. The molecule has 3 N–H and O–H groups in total. The number of hydrogen-bond acceptors (Lipinski definition) is 4. The number of sulfonamides is 1. The van der Waals surface area contributed by atoms with Crippen LogP contribution in [0.2, 0.25) is 0 Å². The quantitative estimate of drug-likeness (QED) is 0.821. The first-order valence-electron chi connectivity index (χ1n) is 6.22. The summed E-state index contributed by atoms with van der Waals surface area (Å²) in [4.78, 5) is 0.315. The molecule has 0 spiro atoms. The lowest BCUT2D eigenvalue weighted by atomic mass is 10.0. The average Bonchev–Trinajstić information content (AvgIpc) is 2.60. The van der Waals surface area contributed by atoms with Crippen LogP contribution in [-0.4, -0.2) is 27.2 Å². The third kappa shape index (κ3) is 2.91. The highest BCUT2D eigenvalue weighted by Crippen LogP contribution is 2.26. The monoisotopic (exact) mass is 284 g/mol. The molecule has 1 aromatic carbocycles. The van der Waals surface area contributed by atoms with E-state index < -0.39 is 15.6 Å². The lowest BCUT2D eigenvalue weighted by Crippen LogP contribution is -2.46. The Bertz CT molecular complexity index is 567. The molecular formula is C13H20N2O3S. The summed E-state index contributed by atoms with van der Waals surface area (Å²) in [6.07, 6.45) is 0.680. The molecule has 0 radical (unpaired) electrons. The van der Waals surface area contributed by atoms with Gasteiger partial charge < -0.3 is 10.5 Å². The Kier molecular flexibility index (Phi) is 3.59. The largest absolute Gasteiger partial charge is 0.399 e. The van der Waals surface area contributed by atoms with Gasteiger partial charge in [-0.3, -0.25) is 0 Å². The van der Waals surface area contributed by atoms with Crippen LogP contribution in [-0.2, 0) is 14.8 Å². The maximum Gasteiger partial charge on any atom is 0.241 e. The molecule has 106 valence electrons. The van der Waals surface area contributed by atoms with Crippen molar-refractivity contribution in [2.24, 2.45) is 0 Å². The number of anilines is 1. The van der Waals surface area contributed by atoms with Crippen LogP contribution in [0.25, 0.3) is 0 Å². The zero-order chi connectivity index (χ0) is 14.3. The third-order valence-corrected chi connectivity index (χ3v) is 5.29. The fourth-order valence-electron chi connectivity index (χ4n) is 2.53. The smallest absolute Gasteiger partial charge is 0.241 e. The van der Waals surface area contributed by atoms with E-state index in [9.17, 15) is 8.42 Å². The van der Waals surface area contributed by atoms with E-state index in [0.717, 1.165) is 0 Å². The highest BCUT2D eigenvalue weighted by molar-refractivity contribution is 7.89. The van der Waals surface area contributed by atoms with Gasteiger partial charge in [0, 0.05) is 12.3 Å². The molecule has 1 aliphatic rings. The predicted octanol–water partition coefficient (Wildman–Crippen LogP) is 1.34. The zero-order valence-corrected chi connectivity index (χ0v) is 12.3. The fourth-order valence-corrected chi connectivity index (χ4v) is 4.41. The van der Waals surface area contributed by atoms with Crippen molar-refractivity contribution in [1.82, 2.24) is 4.72 Å². The molecule has 2 rings (SSSR count). The number of nitrogens with two attached hydrogens (primary N) is 1. The van der Waals surface area contributed by atoms with Gasteiger partial charge in [0.15, 0.2) is 0 Å². The lowest BCUT2D eigenvalue weighted by molar-refractivity contribution is 0.178. The summed E-state index contributed by atoms with van der Waals surface area (Å²) in [5, 5.41) is 0. The number of benzene rings is 1. The van der Waals surface area contributed by atoms with Crippen LogP contribution in [0.3, 0.4) is 0 Å². The second kappa shape index (κ2) is 4.77. The SMILES string of the molecule is Cc1cc(N)cc(C)c1S(=O)(=O)NC1(C)CCOC1. The van der Waals surface area contributed by atoms with Crippen molar-refractivity contribution in [1.29, 1.82) is 0 Å². The third-order valence-electron chi connectivity index (χ3n) is 3.35. The van der Waals surface area contributed by atoms with Crippen LogP contribution in [0.5, 0.6) is 0 Å². The van der Waals surface area contributed by atoms with Gasteiger partial charge in [-0.1, -0.05) is 0 Å². The predicted molar refractivity (Wildman–Crippen MR) is 74.5 cm³/mol. The molecule has 1 aromatic rings. The zero-order valence-electron chi connectivity index (χ0n) is 11.5. The molecule has 0 aromatic heterocycles. The molecule has 1 unspecified atom stereocenters. The van der Waals surface area contributed by atoms with Gasteiger partial charge in [-0.15, -0.1) is 0 Å². The molecule has 6 heteroatoms. The lowest BCUT2D eigenvalue weighted by Gasteiger charge is -2.24. The highest BCUT2D eigenvalue weighted by atomic mass is 32.2. The minimum absolute atomic E-state index is 0.315. The fraction of sp³-hybridized carbons (Fsp3) is 0.538. The first kappa shape index (κ1) is 14.3. The standard InChI is InChI=1S/C13H20N2O3S/c1-9-6-11(14)7-10(2)12(9)19(16,17)15-13(3)4-5-18-8-13/h6-7,15H,4-5,8,14H2,1-3H3.